The molecule has 3 unspecified atom stereocenters. The van der Waals surface area contributed by atoms with Crippen LogP contribution in [0.4, 0.5) is 0 Å². The van der Waals surface area contributed by atoms with Crippen LogP contribution in [0.1, 0.15) is 38.5 Å². The SMILES string of the molecule is C=CC(C)(C)C[C@@H]1CC(OP(=O)(O)OP(=O)(O)OP(=O)(O)O)[C@H](n2cc(C)c(=O)[nH]c2=O)O1. The minimum absolute atomic E-state index is 0.102. The highest BCUT2D eigenvalue weighted by atomic mass is 31.3. The van der Waals surface area contributed by atoms with Crippen molar-refractivity contribution in [3.63, 3.8) is 0 Å². The van der Waals surface area contributed by atoms with Crippen LogP contribution in [0.25, 0.3) is 0 Å². The van der Waals surface area contributed by atoms with Gasteiger partial charge in [0.2, 0.25) is 0 Å². The number of aromatic nitrogens is 2. The number of aromatic amines is 1. The first kappa shape index (κ1) is 28.0. The topological polar surface area (TPSA) is 224 Å². The van der Waals surface area contributed by atoms with Gasteiger partial charge in [-0.1, -0.05) is 19.9 Å². The largest absolute Gasteiger partial charge is 0.490 e. The van der Waals surface area contributed by atoms with Crippen LogP contribution in [0.5, 0.6) is 0 Å². The molecule has 188 valence electrons. The molecule has 1 aromatic heterocycles. The van der Waals surface area contributed by atoms with E-state index in [1.165, 1.54) is 6.92 Å². The van der Waals surface area contributed by atoms with E-state index < -0.39 is 58.6 Å². The van der Waals surface area contributed by atoms with Gasteiger partial charge in [0, 0.05) is 18.2 Å². The second-order valence-electron chi connectivity index (χ2n) is 7.99. The van der Waals surface area contributed by atoms with Crippen molar-refractivity contribution in [3.8, 4) is 0 Å². The number of hydrogen-bond acceptors (Lipinski definition) is 9. The molecule has 5 atom stereocenters. The minimum atomic E-state index is -5.73. The summed E-state index contributed by atoms with van der Waals surface area (Å²) in [6.07, 6.45) is -0.430. The fourth-order valence-corrected chi connectivity index (χ4v) is 6.29. The Kier molecular flexibility index (Phi) is 8.33. The second kappa shape index (κ2) is 9.80. The van der Waals surface area contributed by atoms with Crippen molar-refractivity contribution in [1.82, 2.24) is 9.55 Å². The lowest BCUT2D eigenvalue weighted by molar-refractivity contribution is -0.0465. The average molecular weight is 534 g/mol. The molecular formula is C15H25N2O13P3. The van der Waals surface area contributed by atoms with Crippen LogP contribution in [0.15, 0.2) is 28.4 Å². The summed E-state index contributed by atoms with van der Waals surface area (Å²) in [7, 11) is -16.8. The van der Waals surface area contributed by atoms with Crippen LogP contribution in [0, 0.1) is 12.3 Å². The molecule has 5 N–H and O–H groups in total. The van der Waals surface area contributed by atoms with E-state index in [9.17, 15) is 33.1 Å². The quantitative estimate of drug-likeness (QED) is 0.212. The maximum atomic E-state index is 12.3. The van der Waals surface area contributed by atoms with Gasteiger partial charge in [0.1, 0.15) is 6.10 Å². The second-order valence-corrected chi connectivity index (χ2v) is 12.4. The monoisotopic (exact) mass is 534 g/mol. The molecule has 15 nitrogen and oxygen atoms in total. The van der Waals surface area contributed by atoms with Gasteiger partial charge < -0.3 is 24.3 Å². The number of allylic oxidation sites excluding steroid dienone is 1. The number of hydrogen-bond donors (Lipinski definition) is 5. The van der Waals surface area contributed by atoms with E-state index in [4.69, 9.17) is 19.0 Å². The molecule has 18 heteroatoms. The Bertz CT molecular complexity index is 1150. The summed E-state index contributed by atoms with van der Waals surface area (Å²) in [6.45, 7) is 8.79. The first-order valence-corrected chi connectivity index (χ1v) is 13.8. The van der Waals surface area contributed by atoms with E-state index in [0.29, 0.717) is 6.42 Å². The van der Waals surface area contributed by atoms with Crippen LogP contribution in [0.2, 0.25) is 0 Å². The normalized spacial score (nSPS) is 25.4. The average Bonchev–Trinajstić information content (AvgIpc) is 2.95. The third-order valence-electron chi connectivity index (χ3n) is 4.56. The fraction of sp³-hybridized carbons (Fsp3) is 0.600. The molecular weight excluding hydrogens is 509 g/mol. The number of ether oxygens (including phenoxy) is 1. The zero-order chi connectivity index (χ0) is 25.4. The standard InChI is InChI=1S/C15H25N2O13P3/c1-5-15(3,4)7-10-6-11(13(27-10)17-8-9(2)12(18)16-14(17)19)28-32(23,24)30-33(25,26)29-31(20,21)22/h5,8,10-11,13H,1,6-7H2,2-4H3,(H,23,24)(H,25,26)(H,16,18,19)(H2,20,21,22)/t10-,11?,13+/m0/s1. The Hall–Kier alpha value is -1.21. The van der Waals surface area contributed by atoms with Gasteiger partial charge in [0.05, 0.1) is 6.10 Å². The van der Waals surface area contributed by atoms with Crippen molar-refractivity contribution in [3.05, 3.63) is 45.3 Å². The first-order chi connectivity index (χ1) is 14.8. The van der Waals surface area contributed by atoms with Crippen LogP contribution < -0.4 is 11.2 Å². The fourth-order valence-electron chi connectivity index (χ4n) is 3.10. The summed E-state index contributed by atoms with van der Waals surface area (Å²) in [4.78, 5) is 62.6. The summed E-state index contributed by atoms with van der Waals surface area (Å²) in [5, 5.41) is 0. The molecule has 0 spiro atoms. The van der Waals surface area contributed by atoms with Crippen molar-refractivity contribution in [2.45, 2.75) is 52.0 Å². The van der Waals surface area contributed by atoms with Crippen molar-refractivity contribution in [2.75, 3.05) is 0 Å². The number of rotatable bonds is 10. The van der Waals surface area contributed by atoms with E-state index in [-0.39, 0.29) is 12.0 Å². The highest BCUT2D eigenvalue weighted by molar-refractivity contribution is 7.66. The zero-order valence-electron chi connectivity index (χ0n) is 17.8. The zero-order valence-corrected chi connectivity index (χ0v) is 20.4. The smallest absolute Gasteiger partial charge is 0.352 e. The molecule has 0 saturated carbocycles. The number of phosphoric acid groups is 3. The number of H-pyrrole nitrogens is 1. The molecule has 1 aliphatic rings. The summed E-state index contributed by atoms with van der Waals surface area (Å²) in [5.74, 6) is 0. The van der Waals surface area contributed by atoms with E-state index in [0.717, 1.165) is 10.8 Å². The molecule has 0 aromatic carbocycles. The summed E-state index contributed by atoms with van der Waals surface area (Å²) < 4.78 is 53.9. The van der Waals surface area contributed by atoms with Crippen LogP contribution in [-0.4, -0.2) is 41.3 Å². The number of phosphoric ester groups is 1. The van der Waals surface area contributed by atoms with Gasteiger partial charge in [-0.05, 0) is 18.8 Å². The van der Waals surface area contributed by atoms with Crippen molar-refractivity contribution in [1.29, 1.82) is 0 Å². The molecule has 0 amide bonds. The number of nitrogens with one attached hydrogen (secondary N) is 1. The third-order valence-corrected chi connectivity index (χ3v) is 8.42. The highest BCUT2D eigenvalue weighted by Gasteiger charge is 2.47. The molecule has 1 fully saturated rings. The molecule has 0 radical (unpaired) electrons. The molecule has 2 heterocycles. The van der Waals surface area contributed by atoms with E-state index in [2.05, 4.69) is 20.2 Å². The molecule has 1 aliphatic heterocycles. The summed E-state index contributed by atoms with van der Waals surface area (Å²) in [6, 6.07) is 0. The number of nitrogens with zero attached hydrogens (tertiary/aromatic N) is 1. The Balaban J connectivity index is 2.36. The van der Waals surface area contributed by atoms with Gasteiger partial charge in [0.15, 0.2) is 6.23 Å². The van der Waals surface area contributed by atoms with Gasteiger partial charge >= 0.3 is 29.2 Å². The first-order valence-electron chi connectivity index (χ1n) is 9.26. The predicted octanol–water partition coefficient (Wildman–Crippen LogP) is 1.45. The molecule has 33 heavy (non-hydrogen) atoms. The van der Waals surface area contributed by atoms with Gasteiger partial charge in [-0.15, -0.1) is 6.58 Å². The maximum Gasteiger partial charge on any atom is 0.490 e. The molecule has 1 aromatic rings. The van der Waals surface area contributed by atoms with E-state index in [1.54, 1.807) is 6.08 Å². The Morgan fingerprint density at radius 1 is 1.21 bits per heavy atom. The Labute approximate surface area is 187 Å². The van der Waals surface area contributed by atoms with Crippen LogP contribution in [0.3, 0.4) is 0 Å². The molecule has 0 aliphatic carbocycles. The lowest BCUT2D eigenvalue weighted by atomic mass is 9.86. The van der Waals surface area contributed by atoms with Gasteiger partial charge in [-0.3, -0.25) is 18.9 Å². The van der Waals surface area contributed by atoms with Gasteiger partial charge in [-0.25, -0.2) is 18.5 Å². The van der Waals surface area contributed by atoms with E-state index in [1.807, 2.05) is 13.8 Å². The molecule has 2 rings (SSSR count). The third kappa shape index (κ3) is 8.20. The van der Waals surface area contributed by atoms with Crippen molar-refractivity contribution in [2.24, 2.45) is 5.41 Å². The predicted molar refractivity (Wildman–Crippen MR) is 112 cm³/mol. The maximum absolute atomic E-state index is 12.3. The molecule has 0 bridgehead atoms. The highest BCUT2D eigenvalue weighted by Crippen LogP contribution is 2.67. The summed E-state index contributed by atoms with van der Waals surface area (Å²) >= 11 is 0. The lowest BCUT2D eigenvalue weighted by Crippen LogP contribution is -2.36. The lowest BCUT2D eigenvalue weighted by Gasteiger charge is -2.24. The van der Waals surface area contributed by atoms with Crippen molar-refractivity contribution >= 4 is 23.5 Å². The van der Waals surface area contributed by atoms with Crippen LogP contribution in [-0.2, 0) is 31.6 Å². The van der Waals surface area contributed by atoms with Crippen LogP contribution >= 0.6 is 23.5 Å². The Morgan fingerprint density at radius 3 is 2.36 bits per heavy atom. The molecule has 1 saturated heterocycles. The minimum Gasteiger partial charge on any atom is -0.352 e. The van der Waals surface area contributed by atoms with E-state index >= 15 is 0 Å². The van der Waals surface area contributed by atoms with Gasteiger partial charge in [-0.2, -0.15) is 8.62 Å². The van der Waals surface area contributed by atoms with Gasteiger partial charge in [0.25, 0.3) is 5.56 Å². The summed E-state index contributed by atoms with van der Waals surface area (Å²) in [5.41, 5.74) is -1.92. The number of aryl methyl sites for hydroxylation is 1. The Morgan fingerprint density at radius 2 is 1.82 bits per heavy atom. The van der Waals surface area contributed by atoms with Crippen molar-refractivity contribution < 1.29 is 51.2 Å².